The molecule has 3 nitrogen and oxygen atoms in total. The molecule has 0 rings (SSSR count). The second kappa shape index (κ2) is 15.7. The van der Waals surface area contributed by atoms with Crippen molar-refractivity contribution in [3.05, 3.63) is 0 Å². The van der Waals surface area contributed by atoms with E-state index in [-0.39, 0.29) is 69.0 Å². The molecule has 0 fully saturated rings. The third-order valence-corrected chi connectivity index (χ3v) is 0. The zero-order valence-corrected chi connectivity index (χ0v) is 10.8. The van der Waals surface area contributed by atoms with Gasteiger partial charge in [-0.05, 0) is 0 Å². The second-order valence-electron chi connectivity index (χ2n) is 0.250. The van der Waals surface area contributed by atoms with Crippen LogP contribution in [-0.2, 0) is 4.46 Å². The van der Waals surface area contributed by atoms with Crippen molar-refractivity contribution >= 4 is 19.1 Å². The average Bonchev–Trinajstić information content (AvgIpc) is 0.811. The first-order valence-corrected chi connectivity index (χ1v) is 1.84. The molecule has 0 aliphatic rings. The average molecular weight is 156 g/mol. The summed E-state index contributed by atoms with van der Waals surface area (Å²) in [5, 5.41) is 0. The smallest absolute Gasteiger partial charge is 0.672 e. The van der Waals surface area contributed by atoms with Crippen LogP contribution in [0.1, 0.15) is 0 Å². The van der Waals surface area contributed by atoms with E-state index in [0.717, 1.165) is 0 Å². The van der Waals surface area contributed by atoms with Crippen LogP contribution in [0.3, 0.4) is 0 Å². The van der Waals surface area contributed by atoms with E-state index in [4.69, 9.17) is 14.1 Å². The number of rotatable bonds is 0. The summed E-state index contributed by atoms with van der Waals surface area (Å²) in [4.78, 5) is 17.0. The van der Waals surface area contributed by atoms with Crippen LogP contribution in [0.15, 0.2) is 0 Å². The Labute approximate surface area is 91.0 Å². The molecule has 0 spiro atoms. The topological polar surface area (TPSA) is 63.2 Å². The van der Waals surface area contributed by atoms with E-state index in [9.17, 15) is 0 Å². The van der Waals surface area contributed by atoms with Crippen molar-refractivity contribution in [2.24, 2.45) is 0 Å². The van der Waals surface area contributed by atoms with Crippen molar-refractivity contribution in [3.63, 3.8) is 0 Å². The summed E-state index contributed by atoms with van der Waals surface area (Å²) in [6, 6.07) is 0. The maximum absolute atomic E-state index is 8.52. The largest absolute Gasteiger partial charge is 1.00 e. The fraction of sp³-hybridized carbons (Fsp3) is 0. The SMILES string of the molecule is O=[Si]([O-])[O-].P.[Na+].[Na+]. The Morgan fingerprint density at radius 3 is 1.14 bits per heavy atom. The maximum atomic E-state index is 8.52. The van der Waals surface area contributed by atoms with E-state index < -0.39 is 9.17 Å². The minimum Gasteiger partial charge on any atom is -0.672 e. The van der Waals surface area contributed by atoms with Gasteiger partial charge in [0.25, 0.3) is 0 Å². The molecule has 0 saturated carbocycles. The summed E-state index contributed by atoms with van der Waals surface area (Å²) < 4.78 is 8.52. The summed E-state index contributed by atoms with van der Waals surface area (Å²) in [6.45, 7) is 0. The summed E-state index contributed by atoms with van der Waals surface area (Å²) in [6.07, 6.45) is 0. The molecule has 32 valence electrons. The normalized spacial score (nSPS) is 3.43. The van der Waals surface area contributed by atoms with Gasteiger partial charge in [-0.3, -0.25) is 0 Å². The summed E-state index contributed by atoms with van der Waals surface area (Å²) >= 11 is 0. The monoisotopic (exact) mass is 156 g/mol. The molecule has 0 heterocycles. The first-order valence-electron chi connectivity index (χ1n) is 0.612. The van der Waals surface area contributed by atoms with Crippen LogP contribution in [0.5, 0.6) is 0 Å². The van der Waals surface area contributed by atoms with Gasteiger partial charge in [-0.25, -0.2) is 0 Å². The standard InChI is InChI=1S/2Na.O3Si.H3P/c;;1-4(2)3;/h;;;1H3/q2*+1;-2;. The van der Waals surface area contributed by atoms with Crippen LogP contribution in [0.2, 0.25) is 0 Å². The van der Waals surface area contributed by atoms with E-state index in [2.05, 4.69) is 0 Å². The van der Waals surface area contributed by atoms with Crippen molar-refractivity contribution in [2.75, 3.05) is 0 Å². The van der Waals surface area contributed by atoms with Gasteiger partial charge in [-0.2, -0.15) is 9.90 Å². The molecule has 0 aromatic rings. The Balaban J connectivity index is -0.0000000150. The molecule has 7 heteroatoms. The molecule has 0 N–H and O–H groups in total. The van der Waals surface area contributed by atoms with Crippen molar-refractivity contribution in [2.45, 2.75) is 0 Å². The second-order valence-corrected chi connectivity index (χ2v) is 0.750. The van der Waals surface area contributed by atoms with Gasteiger partial charge < -0.3 is 14.1 Å². The summed E-state index contributed by atoms with van der Waals surface area (Å²) in [5.74, 6) is 0. The molecule has 0 aliphatic carbocycles. The van der Waals surface area contributed by atoms with Gasteiger partial charge in [-0.1, -0.05) is 0 Å². The molecule has 0 aliphatic heterocycles. The molecule has 0 aromatic carbocycles. The van der Waals surface area contributed by atoms with Crippen molar-refractivity contribution in [1.29, 1.82) is 0 Å². The Kier molecular flexibility index (Phi) is 51.5. The third kappa shape index (κ3) is 70.2. The third-order valence-electron chi connectivity index (χ3n) is 0. The number of hydrogen-bond acceptors (Lipinski definition) is 3. The predicted molar refractivity (Wildman–Crippen MR) is 17.5 cm³/mol. The molecule has 0 bridgehead atoms. The van der Waals surface area contributed by atoms with Gasteiger partial charge >= 0.3 is 59.1 Å². The maximum Gasteiger partial charge on any atom is 1.00 e. The minimum absolute atomic E-state index is 0. The zero-order chi connectivity index (χ0) is 3.58. The van der Waals surface area contributed by atoms with Crippen molar-refractivity contribution < 1.29 is 73.2 Å². The van der Waals surface area contributed by atoms with Crippen LogP contribution < -0.4 is 68.7 Å². The molecule has 1 unspecified atom stereocenters. The van der Waals surface area contributed by atoms with E-state index >= 15 is 0 Å². The van der Waals surface area contributed by atoms with Gasteiger partial charge in [0.1, 0.15) is 0 Å². The van der Waals surface area contributed by atoms with Crippen molar-refractivity contribution in [1.82, 2.24) is 0 Å². The molecule has 0 saturated heterocycles. The van der Waals surface area contributed by atoms with Gasteiger partial charge in [0.15, 0.2) is 0 Å². The molecule has 7 heavy (non-hydrogen) atoms. The van der Waals surface area contributed by atoms with Gasteiger partial charge in [0.05, 0.1) is 0 Å². The van der Waals surface area contributed by atoms with E-state index in [0.29, 0.717) is 0 Å². The first kappa shape index (κ1) is 23.0. The van der Waals surface area contributed by atoms with Gasteiger partial charge in [0, 0.05) is 9.17 Å². The molecule has 0 radical (unpaired) electrons. The fourth-order valence-corrected chi connectivity index (χ4v) is 0. The van der Waals surface area contributed by atoms with E-state index in [1.165, 1.54) is 0 Å². The zero-order valence-electron chi connectivity index (χ0n) is 4.43. The quantitative estimate of drug-likeness (QED) is 0.258. The molecular formula is H3Na2O3PSi. The van der Waals surface area contributed by atoms with Crippen LogP contribution in [0, 0.1) is 0 Å². The molecule has 0 amide bonds. The first-order chi connectivity index (χ1) is 1.73. The van der Waals surface area contributed by atoms with Crippen LogP contribution in [-0.4, -0.2) is 9.17 Å². The summed E-state index contributed by atoms with van der Waals surface area (Å²) in [7, 11) is -3.63. The van der Waals surface area contributed by atoms with E-state index in [1.54, 1.807) is 0 Å². The van der Waals surface area contributed by atoms with Crippen LogP contribution >= 0.6 is 9.90 Å². The van der Waals surface area contributed by atoms with Crippen molar-refractivity contribution in [3.8, 4) is 0 Å². The molecular weight excluding hydrogens is 153 g/mol. The molecule has 1 atom stereocenters. The minimum atomic E-state index is -3.63. The Morgan fingerprint density at radius 1 is 1.14 bits per heavy atom. The summed E-state index contributed by atoms with van der Waals surface area (Å²) in [5.41, 5.74) is 0. The predicted octanol–water partition coefficient (Wildman–Crippen LogP) is -8.81. The van der Waals surface area contributed by atoms with Crippen LogP contribution in [0.4, 0.5) is 0 Å². The Hall–Kier alpha value is 2.05. The van der Waals surface area contributed by atoms with Crippen LogP contribution in [0.25, 0.3) is 0 Å². The van der Waals surface area contributed by atoms with Gasteiger partial charge in [-0.15, -0.1) is 0 Å². The number of hydrogen-bond donors (Lipinski definition) is 0. The fourth-order valence-electron chi connectivity index (χ4n) is 0. The van der Waals surface area contributed by atoms with E-state index in [1.807, 2.05) is 0 Å². The molecule has 0 aromatic heterocycles. The van der Waals surface area contributed by atoms with Gasteiger partial charge in [0.2, 0.25) is 0 Å². The Bertz CT molecular complexity index is 35.9. The Morgan fingerprint density at radius 2 is 1.14 bits per heavy atom.